The number of non-ortho nitro benzene ring substituents is 1. The lowest BCUT2D eigenvalue weighted by atomic mass is 10.3. The van der Waals surface area contributed by atoms with Gasteiger partial charge in [0.2, 0.25) is 0 Å². The minimum Gasteiger partial charge on any atom is -0.508 e. The van der Waals surface area contributed by atoms with Crippen LogP contribution in [-0.2, 0) is 0 Å². The summed E-state index contributed by atoms with van der Waals surface area (Å²) in [4.78, 5) is 9.52. The molecule has 58 valence electrons. The van der Waals surface area contributed by atoms with Crippen LogP contribution in [0.3, 0.4) is 0 Å². The van der Waals surface area contributed by atoms with Crippen LogP contribution < -0.4 is 0 Å². The Labute approximate surface area is 64.2 Å². The average molecular weight is 153 g/mol. The van der Waals surface area contributed by atoms with Crippen molar-refractivity contribution in [3.05, 3.63) is 41.8 Å². The van der Waals surface area contributed by atoms with Gasteiger partial charge in [-0.05, 0) is 12.1 Å². The highest BCUT2D eigenvalue weighted by atomic mass is 16.6. The van der Waals surface area contributed by atoms with E-state index < -0.39 is 4.92 Å². The summed E-state index contributed by atoms with van der Waals surface area (Å²) in [5, 5.41) is 18.8. The van der Waals surface area contributed by atoms with Crippen molar-refractivity contribution in [3.8, 4) is 5.75 Å². The Bertz CT molecular complexity index is 242. The Balaban J connectivity index is 0.000001000. The molecule has 0 aromatic heterocycles. The number of nitro benzene ring substituents is 1. The van der Waals surface area contributed by atoms with Crippen LogP contribution in [0.25, 0.3) is 0 Å². The zero-order valence-corrected chi connectivity index (χ0v) is 5.73. The van der Waals surface area contributed by atoms with Crippen LogP contribution in [0.1, 0.15) is 0 Å². The summed E-state index contributed by atoms with van der Waals surface area (Å²) in [6, 6.07) is 5.04. The number of phenols is 1. The molecule has 0 atom stereocenters. The van der Waals surface area contributed by atoms with Gasteiger partial charge in [0.1, 0.15) is 5.75 Å². The van der Waals surface area contributed by atoms with E-state index in [4.69, 9.17) is 5.11 Å². The first-order valence-electron chi connectivity index (χ1n) is 2.63. The van der Waals surface area contributed by atoms with E-state index >= 15 is 0 Å². The monoisotopic (exact) mass is 153 g/mol. The van der Waals surface area contributed by atoms with Crippen molar-refractivity contribution < 1.29 is 10.0 Å². The highest BCUT2D eigenvalue weighted by molar-refractivity contribution is 5.34. The summed E-state index contributed by atoms with van der Waals surface area (Å²) in [6.45, 7) is 0. The standard InChI is InChI=1S/C6H5NO3.CH2/c8-6-3-1-5(2-4-6)7(9)10;/h1-4,8H;1H2. The number of rotatable bonds is 1. The van der Waals surface area contributed by atoms with Gasteiger partial charge in [0.25, 0.3) is 5.69 Å². The van der Waals surface area contributed by atoms with Crippen LogP contribution in [0, 0.1) is 17.5 Å². The van der Waals surface area contributed by atoms with Crippen LogP contribution in [0.5, 0.6) is 5.75 Å². The smallest absolute Gasteiger partial charge is 0.269 e. The van der Waals surface area contributed by atoms with Crippen molar-refractivity contribution in [1.82, 2.24) is 0 Å². The molecular formula is C7H7NO3. The molecule has 0 fully saturated rings. The molecule has 1 aromatic rings. The van der Waals surface area contributed by atoms with Gasteiger partial charge in [-0.2, -0.15) is 0 Å². The molecule has 0 saturated carbocycles. The third kappa shape index (κ3) is 2.25. The molecular weight excluding hydrogens is 146 g/mol. The molecule has 1 N–H and O–H groups in total. The molecule has 0 aliphatic heterocycles. The van der Waals surface area contributed by atoms with Crippen molar-refractivity contribution >= 4 is 5.69 Å². The Morgan fingerprint density at radius 1 is 1.27 bits per heavy atom. The van der Waals surface area contributed by atoms with Gasteiger partial charge in [-0.1, -0.05) is 7.43 Å². The quantitative estimate of drug-likeness (QED) is 0.492. The fourth-order valence-electron chi connectivity index (χ4n) is 0.574. The zero-order chi connectivity index (χ0) is 7.56. The van der Waals surface area contributed by atoms with E-state index in [1.54, 1.807) is 0 Å². The average Bonchev–Trinajstić information content (AvgIpc) is 1.88. The van der Waals surface area contributed by atoms with Gasteiger partial charge in [0, 0.05) is 12.1 Å². The lowest BCUT2D eigenvalue weighted by molar-refractivity contribution is -0.384. The largest absolute Gasteiger partial charge is 0.508 e. The van der Waals surface area contributed by atoms with Crippen LogP contribution >= 0.6 is 0 Å². The number of nitrogens with zero attached hydrogens (tertiary/aromatic N) is 1. The molecule has 0 spiro atoms. The van der Waals surface area contributed by atoms with Crippen molar-refractivity contribution in [2.45, 2.75) is 0 Å². The lowest BCUT2D eigenvalue weighted by Gasteiger charge is -1.89. The Kier molecular flexibility index (Phi) is 3.04. The second-order valence-corrected chi connectivity index (χ2v) is 1.77. The first-order chi connectivity index (χ1) is 4.70. The summed E-state index contributed by atoms with van der Waals surface area (Å²) in [6.07, 6.45) is 0. The number of nitro groups is 1. The molecule has 0 amide bonds. The van der Waals surface area contributed by atoms with E-state index in [2.05, 4.69) is 0 Å². The van der Waals surface area contributed by atoms with Gasteiger partial charge in [-0.25, -0.2) is 0 Å². The summed E-state index contributed by atoms with van der Waals surface area (Å²) in [5.41, 5.74) is -0.0159. The molecule has 2 radical (unpaired) electrons. The molecule has 0 aliphatic carbocycles. The number of hydrogen-bond donors (Lipinski definition) is 1. The number of aromatic hydroxyl groups is 1. The van der Waals surface area contributed by atoms with Crippen molar-refractivity contribution in [3.63, 3.8) is 0 Å². The maximum Gasteiger partial charge on any atom is 0.269 e. The molecule has 4 nitrogen and oxygen atoms in total. The molecule has 0 unspecified atom stereocenters. The molecule has 0 heterocycles. The van der Waals surface area contributed by atoms with E-state index in [1.807, 2.05) is 0 Å². The highest BCUT2D eigenvalue weighted by Gasteiger charge is 2.01. The molecule has 1 aromatic carbocycles. The number of hydrogen-bond acceptors (Lipinski definition) is 3. The van der Waals surface area contributed by atoms with Crippen LogP contribution in [0.15, 0.2) is 24.3 Å². The van der Waals surface area contributed by atoms with Crippen molar-refractivity contribution in [2.24, 2.45) is 0 Å². The van der Waals surface area contributed by atoms with E-state index in [1.165, 1.54) is 24.3 Å². The minimum absolute atomic E-state index is 0. The first-order valence-corrected chi connectivity index (χ1v) is 2.63. The van der Waals surface area contributed by atoms with Crippen LogP contribution in [0.2, 0.25) is 0 Å². The lowest BCUT2D eigenvalue weighted by Crippen LogP contribution is -1.85. The van der Waals surface area contributed by atoms with Gasteiger partial charge in [0.05, 0.1) is 4.92 Å². The Morgan fingerprint density at radius 2 is 1.73 bits per heavy atom. The topological polar surface area (TPSA) is 63.4 Å². The molecule has 0 bridgehead atoms. The van der Waals surface area contributed by atoms with E-state index in [9.17, 15) is 10.1 Å². The normalized spacial score (nSPS) is 8.36. The third-order valence-electron chi connectivity index (χ3n) is 1.06. The molecule has 1 rings (SSSR count). The fourth-order valence-corrected chi connectivity index (χ4v) is 0.574. The molecule has 4 heteroatoms. The van der Waals surface area contributed by atoms with E-state index in [0.29, 0.717) is 0 Å². The maximum absolute atomic E-state index is 10.0. The highest BCUT2D eigenvalue weighted by Crippen LogP contribution is 2.14. The first kappa shape index (κ1) is 9.42. The maximum atomic E-state index is 10.0. The third-order valence-corrected chi connectivity index (χ3v) is 1.06. The fraction of sp³-hybridized carbons (Fsp3) is 0. The summed E-state index contributed by atoms with van der Waals surface area (Å²) < 4.78 is 0. The Hall–Kier alpha value is -1.58. The molecule has 11 heavy (non-hydrogen) atoms. The van der Waals surface area contributed by atoms with Gasteiger partial charge in [0.15, 0.2) is 0 Å². The van der Waals surface area contributed by atoms with Gasteiger partial charge in [-0.15, -0.1) is 0 Å². The second kappa shape index (κ2) is 3.55. The summed E-state index contributed by atoms with van der Waals surface area (Å²) in [7, 11) is 0. The number of phenolic OH excluding ortho intramolecular Hbond substituents is 1. The van der Waals surface area contributed by atoms with Crippen LogP contribution in [0.4, 0.5) is 5.69 Å². The predicted molar refractivity (Wildman–Crippen MR) is 40.1 cm³/mol. The molecule has 0 saturated heterocycles. The van der Waals surface area contributed by atoms with E-state index in [-0.39, 0.29) is 18.9 Å². The van der Waals surface area contributed by atoms with Gasteiger partial charge < -0.3 is 5.11 Å². The molecule has 0 aliphatic rings. The predicted octanol–water partition coefficient (Wildman–Crippen LogP) is 1.63. The summed E-state index contributed by atoms with van der Waals surface area (Å²) >= 11 is 0. The van der Waals surface area contributed by atoms with E-state index in [0.717, 1.165) is 0 Å². The van der Waals surface area contributed by atoms with Crippen molar-refractivity contribution in [1.29, 1.82) is 0 Å². The minimum atomic E-state index is -0.514. The zero-order valence-electron chi connectivity index (χ0n) is 5.73. The Morgan fingerprint density at radius 3 is 2.09 bits per heavy atom. The van der Waals surface area contributed by atoms with Gasteiger partial charge >= 0.3 is 0 Å². The SMILES string of the molecule is O=[N+]([O-])c1ccc(O)cc1.[CH2]. The number of benzene rings is 1. The summed E-state index contributed by atoms with van der Waals surface area (Å²) in [5.74, 6) is 0.0330. The van der Waals surface area contributed by atoms with Crippen LogP contribution in [-0.4, -0.2) is 10.0 Å². The van der Waals surface area contributed by atoms with Gasteiger partial charge in [-0.3, -0.25) is 10.1 Å². The van der Waals surface area contributed by atoms with Crippen molar-refractivity contribution in [2.75, 3.05) is 0 Å². The second-order valence-electron chi connectivity index (χ2n) is 1.77.